The van der Waals surface area contributed by atoms with Crippen molar-refractivity contribution < 1.29 is 14.6 Å². The molecule has 2 aromatic rings. The number of hydrogen-bond donors (Lipinski definition) is 1. The molecule has 2 aromatic heterocycles. The van der Waals surface area contributed by atoms with Gasteiger partial charge in [0.15, 0.2) is 11.4 Å². The van der Waals surface area contributed by atoms with E-state index in [1.807, 2.05) is 13.8 Å². The van der Waals surface area contributed by atoms with Gasteiger partial charge in [0.25, 0.3) is 0 Å². The molecule has 6 heteroatoms. The van der Waals surface area contributed by atoms with Crippen molar-refractivity contribution in [3.8, 4) is 11.6 Å². The summed E-state index contributed by atoms with van der Waals surface area (Å²) in [6.07, 6.45) is 2.79. The zero-order valence-electron chi connectivity index (χ0n) is 10.6. The van der Waals surface area contributed by atoms with Crippen LogP contribution in [0.4, 0.5) is 0 Å². The molecule has 0 amide bonds. The van der Waals surface area contributed by atoms with Gasteiger partial charge in [-0.2, -0.15) is 0 Å². The first-order chi connectivity index (χ1) is 9.08. The van der Waals surface area contributed by atoms with Crippen LogP contribution in [-0.2, 0) is 0 Å². The Morgan fingerprint density at radius 3 is 2.79 bits per heavy atom. The number of pyridine rings is 1. The van der Waals surface area contributed by atoms with Crippen molar-refractivity contribution >= 4 is 5.97 Å². The monoisotopic (exact) mass is 259 g/mol. The average Bonchev–Trinajstić information content (AvgIpc) is 2.39. The molecule has 0 fully saturated rings. The summed E-state index contributed by atoms with van der Waals surface area (Å²) in [6.45, 7) is 4.00. The normalized spacial score (nSPS) is 10.5. The first-order valence-electron chi connectivity index (χ1n) is 5.76. The molecule has 1 N–H and O–H groups in total. The highest BCUT2D eigenvalue weighted by Gasteiger charge is 2.14. The first kappa shape index (κ1) is 12.9. The molecule has 0 bridgehead atoms. The van der Waals surface area contributed by atoms with E-state index >= 15 is 0 Å². The zero-order valence-corrected chi connectivity index (χ0v) is 10.6. The van der Waals surface area contributed by atoms with Gasteiger partial charge in [-0.15, -0.1) is 0 Å². The second kappa shape index (κ2) is 5.43. The summed E-state index contributed by atoms with van der Waals surface area (Å²) in [5, 5.41) is 9.01. The maximum absolute atomic E-state index is 11.0. The maximum atomic E-state index is 11.0. The van der Waals surface area contributed by atoms with E-state index < -0.39 is 5.97 Å². The molecule has 0 atom stereocenters. The van der Waals surface area contributed by atoms with Crippen molar-refractivity contribution in [1.82, 2.24) is 15.0 Å². The van der Waals surface area contributed by atoms with E-state index in [9.17, 15) is 4.79 Å². The summed E-state index contributed by atoms with van der Waals surface area (Å²) in [6, 6.07) is 4.82. The Morgan fingerprint density at radius 2 is 2.11 bits per heavy atom. The SMILES string of the molecule is CC(C)c1cc(Oc2cccnc2C(=O)O)ncn1. The van der Waals surface area contributed by atoms with Crippen LogP contribution >= 0.6 is 0 Å². The number of carboxylic acid groups (broad SMARTS) is 1. The third-order valence-corrected chi connectivity index (χ3v) is 2.44. The summed E-state index contributed by atoms with van der Waals surface area (Å²) in [5.74, 6) is -0.454. The summed E-state index contributed by atoms with van der Waals surface area (Å²) >= 11 is 0. The largest absolute Gasteiger partial charge is 0.476 e. The number of aromatic carboxylic acids is 1. The van der Waals surface area contributed by atoms with Crippen molar-refractivity contribution in [2.45, 2.75) is 19.8 Å². The van der Waals surface area contributed by atoms with Crippen molar-refractivity contribution in [3.63, 3.8) is 0 Å². The minimum Gasteiger partial charge on any atom is -0.476 e. The highest BCUT2D eigenvalue weighted by Crippen LogP contribution is 2.23. The van der Waals surface area contributed by atoms with Crippen LogP contribution in [0.15, 0.2) is 30.7 Å². The molecule has 0 aliphatic rings. The smallest absolute Gasteiger partial charge is 0.358 e. The number of carbonyl (C=O) groups is 1. The van der Waals surface area contributed by atoms with E-state index in [2.05, 4.69) is 15.0 Å². The van der Waals surface area contributed by atoms with Gasteiger partial charge in [0.2, 0.25) is 5.88 Å². The fourth-order valence-electron chi connectivity index (χ4n) is 1.47. The van der Waals surface area contributed by atoms with Gasteiger partial charge in [-0.1, -0.05) is 13.8 Å². The van der Waals surface area contributed by atoms with Crippen molar-refractivity contribution in [2.75, 3.05) is 0 Å². The zero-order chi connectivity index (χ0) is 13.8. The molecule has 0 spiro atoms. The average molecular weight is 259 g/mol. The molecule has 0 aliphatic carbocycles. The molecule has 0 saturated heterocycles. The summed E-state index contributed by atoms with van der Waals surface area (Å²) in [7, 11) is 0. The summed E-state index contributed by atoms with van der Waals surface area (Å²) in [5.41, 5.74) is 0.679. The molecular weight excluding hydrogens is 246 g/mol. The Bertz CT molecular complexity index is 599. The lowest BCUT2D eigenvalue weighted by Gasteiger charge is -2.08. The van der Waals surface area contributed by atoms with Crippen molar-refractivity contribution in [1.29, 1.82) is 0 Å². The highest BCUT2D eigenvalue weighted by molar-refractivity contribution is 5.88. The number of nitrogens with zero attached hydrogens (tertiary/aromatic N) is 3. The molecule has 19 heavy (non-hydrogen) atoms. The predicted molar refractivity (Wildman–Crippen MR) is 67.4 cm³/mol. The quantitative estimate of drug-likeness (QED) is 0.907. The Kier molecular flexibility index (Phi) is 3.70. The number of rotatable bonds is 4. The molecule has 6 nitrogen and oxygen atoms in total. The van der Waals surface area contributed by atoms with Gasteiger partial charge in [-0.3, -0.25) is 0 Å². The van der Waals surface area contributed by atoms with E-state index in [1.54, 1.807) is 12.1 Å². The minimum absolute atomic E-state index is 0.146. The number of ether oxygens (including phenoxy) is 1. The van der Waals surface area contributed by atoms with Crippen LogP contribution < -0.4 is 4.74 Å². The van der Waals surface area contributed by atoms with E-state index in [4.69, 9.17) is 9.84 Å². The van der Waals surface area contributed by atoms with Gasteiger partial charge < -0.3 is 9.84 Å². The van der Waals surface area contributed by atoms with Crippen LogP contribution in [0.3, 0.4) is 0 Å². The first-order valence-corrected chi connectivity index (χ1v) is 5.76. The fraction of sp³-hybridized carbons (Fsp3) is 0.231. The lowest BCUT2D eigenvalue weighted by Crippen LogP contribution is -2.03. The van der Waals surface area contributed by atoms with E-state index in [0.29, 0.717) is 5.88 Å². The lowest BCUT2D eigenvalue weighted by molar-refractivity contribution is 0.0687. The van der Waals surface area contributed by atoms with E-state index in [0.717, 1.165) is 5.69 Å². The van der Waals surface area contributed by atoms with Crippen LogP contribution in [-0.4, -0.2) is 26.0 Å². The molecule has 0 unspecified atom stereocenters. The van der Waals surface area contributed by atoms with Crippen molar-refractivity contribution in [2.24, 2.45) is 0 Å². The molecule has 2 heterocycles. The van der Waals surface area contributed by atoms with Crippen LogP contribution in [0.25, 0.3) is 0 Å². The Morgan fingerprint density at radius 1 is 1.32 bits per heavy atom. The number of aromatic nitrogens is 3. The number of hydrogen-bond acceptors (Lipinski definition) is 5. The van der Waals surface area contributed by atoms with Gasteiger partial charge in [-0.05, 0) is 18.1 Å². The Labute approximate surface area is 110 Å². The van der Waals surface area contributed by atoms with E-state index in [1.165, 1.54) is 18.6 Å². The van der Waals surface area contributed by atoms with Crippen molar-refractivity contribution in [3.05, 3.63) is 42.1 Å². The summed E-state index contributed by atoms with van der Waals surface area (Å²) in [4.78, 5) is 22.9. The molecule has 0 aromatic carbocycles. The molecule has 0 saturated carbocycles. The fourth-order valence-corrected chi connectivity index (χ4v) is 1.47. The molecule has 98 valence electrons. The van der Waals surface area contributed by atoms with Crippen LogP contribution in [0.2, 0.25) is 0 Å². The van der Waals surface area contributed by atoms with Gasteiger partial charge in [-0.25, -0.2) is 19.7 Å². The van der Waals surface area contributed by atoms with Gasteiger partial charge in [0, 0.05) is 12.3 Å². The van der Waals surface area contributed by atoms with Gasteiger partial charge in [0.1, 0.15) is 6.33 Å². The second-order valence-electron chi connectivity index (χ2n) is 4.19. The van der Waals surface area contributed by atoms with Gasteiger partial charge in [0.05, 0.1) is 5.69 Å². The second-order valence-corrected chi connectivity index (χ2v) is 4.19. The Balaban J connectivity index is 2.31. The van der Waals surface area contributed by atoms with Gasteiger partial charge >= 0.3 is 5.97 Å². The third-order valence-electron chi connectivity index (χ3n) is 2.44. The number of carboxylic acids is 1. The molecular formula is C13H13N3O3. The molecule has 0 aliphatic heterocycles. The third kappa shape index (κ3) is 3.04. The predicted octanol–water partition coefficient (Wildman–Crippen LogP) is 2.49. The van der Waals surface area contributed by atoms with Crippen LogP contribution in [0.1, 0.15) is 35.9 Å². The standard InChI is InChI=1S/C13H13N3O3/c1-8(2)9-6-11(16-7-15-9)19-10-4-3-5-14-12(10)13(17)18/h3-8H,1-2H3,(H,17,18). The minimum atomic E-state index is -1.14. The van der Waals surface area contributed by atoms with Crippen LogP contribution in [0, 0.1) is 0 Å². The molecule has 0 radical (unpaired) electrons. The maximum Gasteiger partial charge on any atom is 0.358 e. The molecule has 2 rings (SSSR count). The Hall–Kier alpha value is -2.50. The van der Waals surface area contributed by atoms with Crippen LogP contribution in [0.5, 0.6) is 11.6 Å². The topological polar surface area (TPSA) is 85.2 Å². The highest BCUT2D eigenvalue weighted by atomic mass is 16.5. The lowest BCUT2D eigenvalue weighted by atomic mass is 10.1. The summed E-state index contributed by atoms with van der Waals surface area (Å²) < 4.78 is 5.47. The van der Waals surface area contributed by atoms with E-state index in [-0.39, 0.29) is 17.4 Å².